The first-order valence-corrected chi connectivity index (χ1v) is 10.8. The molecule has 3 heterocycles. The molecule has 4 rings (SSSR count). The molecular formula is C24H25N3O6. The topological polar surface area (TPSA) is 111 Å². The Bertz CT molecular complexity index is 1230. The Morgan fingerprint density at radius 2 is 1.88 bits per heavy atom. The van der Waals surface area contributed by atoms with Crippen LogP contribution in [0.4, 0.5) is 0 Å². The van der Waals surface area contributed by atoms with Gasteiger partial charge in [-0.05, 0) is 30.5 Å². The molecule has 2 aromatic heterocycles. The Labute approximate surface area is 190 Å². The van der Waals surface area contributed by atoms with Crippen molar-refractivity contribution in [2.75, 3.05) is 32.9 Å². The van der Waals surface area contributed by atoms with Gasteiger partial charge in [-0.25, -0.2) is 4.79 Å². The Hall–Kier alpha value is -3.72. The van der Waals surface area contributed by atoms with E-state index in [0.29, 0.717) is 32.7 Å². The molecule has 1 N–H and O–H groups in total. The summed E-state index contributed by atoms with van der Waals surface area (Å²) in [4.78, 5) is 44.6. The maximum Gasteiger partial charge on any atom is 0.347 e. The molecule has 1 aromatic carbocycles. The van der Waals surface area contributed by atoms with E-state index in [1.165, 1.54) is 4.57 Å². The number of pyridine rings is 2. The normalized spacial score (nSPS) is 13.8. The maximum absolute atomic E-state index is 13.3. The monoisotopic (exact) mass is 451 g/mol. The van der Waals surface area contributed by atoms with Gasteiger partial charge in [0, 0.05) is 19.3 Å². The largest absolute Gasteiger partial charge is 0.505 e. The number of carbonyl (C=O) groups excluding carboxylic acids is 2. The summed E-state index contributed by atoms with van der Waals surface area (Å²) in [6.07, 6.45) is 2.14. The lowest BCUT2D eigenvalue weighted by molar-refractivity contribution is -0.135. The molecule has 1 fully saturated rings. The second-order valence-corrected chi connectivity index (χ2v) is 7.70. The molecule has 3 aromatic rings. The fourth-order valence-corrected chi connectivity index (χ4v) is 3.87. The van der Waals surface area contributed by atoms with Gasteiger partial charge in [-0.2, -0.15) is 0 Å². The van der Waals surface area contributed by atoms with Crippen molar-refractivity contribution in [3.8, 4) is 5.75 Å². The minimum absolute atomic E-state index is 0.0336. The first kappa shape index (κ1) is 22.5. The number of nitrogens with zero attached hydrogens (tertiary/aromatic N) is 3. The summed E-state index contributed by atoms with van der Waals surface area (Å²) in [6, 6.07) is 11.4. The standard InChI is InChI=1S/C24H25N3O6/c1-2-33-24(31)20-22(29)21-18(13-17(14-25-21)12-16-6-4-3-5-7-16)27(23(20)30)15-19(28)26-8-10-32-11-9-26/h3-7,13-14,29H,2,8-12,15H2,1H3. The molecule has 1 aliphatic heterocycles. The molecule has 0 bridgehead atoms. The molecule has 0 radical (unpaired) electrons. The summed E-state index contributed by atoms with van der Waals surface area (Å²) in [5.41, 5.74) is 0.860. The van der Waals surface area contributed by atoms with Gasteiger partial charge in [0.1, 0.15) is 12.1 Å². The SMILES string of the molecule is CCOC(=O)c1c(O)c2ncc(Cc3ccccc3)cc2n(CC(=O)N2CCOCC2)c1=O. The zero-order valence-electron chi connectivity index (χ0n) is 18.3. The molecule has 1 saturated heterocycles. The van der Waals surface area contributed by atoms with Crippen LogP contribution in [0.5, 0.6) is 5.75 Å². The zero-order valence-corrected chi connectivity index (χ0v) is 18.3. The van der Waals surface area contributed by atoms with Crippen LogP contribution in [0, 0.1) is 0 Å². The Balaban J connectivity index is 1.82. The van der Waals surface area contributed by atoms with E-state index in [1.54, 1.807) is 24.1 Å². The minimum atomic E-state index is -0.954. The van der Waals surface area contributed by atoms with Crippen LogP contribution in [0.15, 0.2) is 47.4 Å². The number of benzene rings is 1. The van der Waals surface area contributed by atoms with Gasteiger partial charge in [0.05, 0.1) is 25.3 Å². The van der Waals surface area contributed by atoms with Crippen LogP contribution in [-0.2, 0) is 27.2 Å². The summed E-state index contributed by atoms with van der Waals surface area (Å²) in [5, 5.41) is 10.7. The summed E-state index contributed by atoms with van der Waals surface area (Å²) in [5.74, 6) is -1.78. The highest BCUT2D eigenvalue weighted by molar-refractivity contribution is 5.98. The van der Waals surface area contributed by atoms with Crippen molar-refractivity contribution < 1.29 is 24.2 Å². The molecule has 33 heavy (non-hydrogen) atoms. The van der Waals surface area contributed by atoms with E-state index in [0.717, 1.165) is 11.1 Å². The predicted octanol–water partition coefficient (Wildman–Crippen LogP) is 1.73. The van der Waals surface area contributed by atoms with Gasteiger partial charge >= 0.3 is 5.97 Å². The van der Waals surface area contributed by atoms with Crippen molar-refractivity contribution >= 4 is 22.9 Å². The van der Waals surface area contributed by atoms with Crippen molar-refractivity contribution in [1.82, 2.24) is 14.5 Å². The summed E-state index contributed by atoms with van der Waals surface area (Å²) < 4.78 is 11.5. The minimum Gasteiger partial charge on any atom is -0.505 e. The summed E-state index contributed by atoms with van der Waals surface area (Å²) in [7, 11) is 0. The number of morpholine rings is 1. The van der Waals surface area contributed by atoms with E-state index >= 15 is 0 Å². The number of fused-ring (bicyclic) bond motifs is 1. The van der Waals surface area contributed by atoms with E-state index in [4.69, 9.17) is 9.47 Å². The van der Waals surface area contributed by atoms with Gasteiger partial charge in [0.2, 0.25) is 5.91 Å². The summed E-state index contributed by atoms with van der Waals surface area (Å²) in [6.45, 7) is 3.04. The van der Waals surface area contributed by atoms with Crippen LogP contribution in [0.3, 0.4) is 0 Å². The molecular weight excluding hydrogens is 426 g/mol. The lowest BCUT2D eigenvalue weighted by Gasteiger charge is -2.27. The first-order valence-electron chi connectivity index (χ1n) is 10.8. The van der Waals surface area contributed by atoms with Gasteiger partial charge in [-0.15, -0.1) is 0 Å². The number of aromatic nitrogens is 2. The van der Waals surface area contributed by atoms with Gasteiger partial charge in [0.25, 0.3) is 5.56 Å². The molecule has 0 atom stereocenters. The average molecular weight is 451 g/mol. The Morgan fingerprint density at radius 1 is 1.15 bits per heavy atom. The average Bonchev–Trinajstić information content (AvgIpc) is 2.83. The highest BCUT2D eigenvalue weighted by Gasteiger charge is 2.26. The van der Waals surface area contributed by atoms with Crippen molar-refractivity contribution in [2.45, 2.75) is 19.9 Å². The lowest BCUT2D eigenvalue weighted by Crippen LogP contribution is -2.43. The van der Waals surface area contributed by atoms with E-state index < -0.39 is 22.8 Å². The molecule has 9 nitrogen and oxygen atoms in total. The second-order valence-electron chi connectivity index (χ2n) is 7.70. The van der Waals surface area contributed by atoms with Crippen molar-refractivity contribution in [3.63, 3.8) is 0 Å². The Morgan fingerprint density at radius 3 is 2.58 bits per heavy atom. The predicted molar refractivity (Wildman–Crippen MR) is 120 cm³/mol. The number of ether oxygens (including phenoxy) is 2. The van der Waals surface area contributed by atoms with Gasteiger partial charge < -0.3 is 19.5 Å². The zero-order chi connectivity index (χ0) is 23.4. The van der Waals surface area contributed by atoms with Crippen molar-refractivity contribution in [3.05, 3.63) is 69.6 Å². The molecule has 0 aliphatic carbocycles. The van der Waals surface area contributed by atoms with Gasteiger partial charge in [0.15, 0.2) is 11.3 Å². The smallest absolute Gasteiger partial charge is 0.347 e. The van der Waals surface area contributed by atoms with E-state index in [1.807, 2.05) is 30.3 Å². The van der Waals surface area contributed by atoms with Crippen LogP contribution in [0.1, 0.15) is 28.4 Å². The number of amides is 1. The third kappa shape index (κ3) is 4.73. The van der Waals surface area contributed by atoms with Crippen LogP contribution < -0.4 is 5.56 Å². The fourth-order valence-electron chi connectivity index (χ4n) is 3.87. The molecule has 1 amide bonds. The van der Waals surface area contributed by atoms with Crippen LogP contribution in [0.25, 0.3) is 11.0 Å². The molecule has 0 unspecified atom stereocenters. The third-order valence-corrected chi connectivity index (χ3v) is 5.52. The third-order valence-electron chi connectivity index (χ3n) is 5.52. The molecule has 9 heteroatoms. The van der Waals surface area contributed by atoms with E-state index in [2.05, 4.69) is 4.98 Å². The number of carbonyl (C=O) groups is 2. The van der Waals surface area contributed by atoms with E-state index in [-0.39, 0.29) is 30.1 Å². The van der Waals surface area contributed by atoms with E-state index in [9.17, 15) is 19.5 Å². The molecule has 0 spiro atoms. The van der Waals surface area contributed by atoms with Crippen LogP contribution in [-0.4, -0.2) is 64.3 Å². The quantitative estimate of drug-likeness (QED) is 0.568. The van der Waals surface area contributed by atoms with Crippen LogP contribution in [0.2, 0.25) is 0 Å². The molecule has 172 valence electrons. The number of hydrogen-bond donors (Lipinski definition) is 1. The van der Waals surface area contributed by atoms with Crippen molar-refractivity contribution in [1.29, 1.82) is 0 Å². The van der Waals surface area contributed by atoms with Crippen LogP contribution >= 0.6 is 0 Å². The highest BCUT2D eigenvalue weighted by Crippen LogP contribution is 2.26. The van der Waals surface area contributed by atoms with Crippen molar-refractivity contribution in [2.24, 2.45) is 0 Å². The number of hydrogen-bond acceptors (Lipinski definition) is 7. The molecule has 0 saturated carbocycles. The summed E-state index contributed by atoms with van der Waals surface area (Å²) >= 11 is 0. The van der Waals surface area contributed by atoms with Gasteiger partial charge in [-0.1, -0.05) is 30.3 Å². The van der Waals surface area contributed by atoms with Gasteiger partial charge in [-0.3, -0.25) is 19.1 Å². The Kier molecular flexibility index (Phi) is 6.69. The maximum atomic E-state index is 13.3. The first-order chi connectivity index (χ1) is 16.0. The fraction of sp³-hybridized carbons (Fsp3) is 0.333. The lowest BCUT2D eigenvalue weighted by atomic mass is 10.1. The number of esters is 1. The highest BCUT2D eigenvalue weighted by atomic mass is 16.5. The second kappa shape index (κ2) is 9.83. The number of aromatic hydroxyl groups is 1. The number of rotatable bonds is 6. The molecule has 1 aliphatic rings.